The van der Waals surface area contributed by atoms with Crippen LogP contribution in [0.3, 0.4) is 0 Å². The lowest BCUT2D eigenvalue weighted by Crippen LogP contribution is -2.29. The monoisotopic (exact) mass is 557 g/mol. The molecule has 4 aromatic rings. The number of hydrogen-bond donors (Lipinski definition) is 0. The molecule has 0 amide bonds. The van der Waals surface area contributed by atoms with E-state index in [1.165, 1.54) is 4.68 Å². The zero-order valence-corrected chi connectivity index (χ0v) is 21.9. The first-order valence-electron chi connectivity index (χ1n) is 10.6. The van der Waals surface area contributed by atoms with Crippen LogP contribution >= 0.6 is 39.1 Å². The van der Waals surface area contributed by atoms with Gasteiger partial charge in [0.1, 0.15) is 18.2 Å². The molecule has 3 aromatic carbocycles. The lowest BCUT2D eigenvalue weighted by Gasteiger charge is -2.20. The molecule has 1 heterocycles. The van der Waals surface area contributed by atoms with Crippen LogP contribution in [-0.4, -0.2) is 15.9 Å². The average molecular weight is 559 g/mol. The molecular weight excluding hydrogens is 537 g/mol. The van der Waals surface area contributed by atoms with Gasteiger partial charge in [0.15, 0.2) is 0 Å². The second-order valence-electron chi connectivity index (χ2n) is 8.81. The van der Waals surface area contributed by atoms with Crippen molar-refractivity contribution in [2.75, 3.05) is 0 Å². The third-order valence-corrected chi connectivity index (χ3v) is 6.15. The van der Waals surface area contributed by atoms with Crippen molar-refractivity contribution in [1.82, 2.24) is 9.66 Å². The van der Waals surface area contributed by atoms with Crippen molar-refractivity contribution in [2.24, 2.45) is 5.10 Å². The Labute approximate surface area is 216 Å². The summed E-state index contributed by atoms with van der Waals surface area (Å²) in [6.07, 6.45) is 1.63. The third-order valence-electron chi connectivity index (χ3n) is 5.07. The van der Waals surface area contributed by atoms with Crippen LogP contribution in [0.15, 0.2) is 75.0 Å². The second-order valence-corrected chi connectivity index (χ2v) is 10.6. The van der Waals surface area contributed by atoms with Gasteiger partial charge in [-0.05, 0) is 48.0 Å². The number of fused-ring (bicyclic) bond motifs is 1. The van der Waals surface area contributed by atoms with Crippen molar-refractivity contribution >= 4 is 56.2 Å². The van der Waals surface area contributed by atoms with Crippen molar-refractivity contribution in [3.05, 3.63) is 102 Å². The predicted octanol–water partition coefficient (Wildman–Crippen LogP) is 7.22. The van der Waals surface area contributed by atoms with Crippen LogP contribution in [0.5, 0.6) is 5.75 Å². The fraction of sp³-hybridized carbons (Fsp3) is 0.192. The molecule has 0 aliphatic heterocycles. The van der Waals surface area contributed by atoms with Crippen molar-refractivity contribution in [3.8, 4) is 5.75 Å². The molecule has 0 aliphatic carbocycles. The van der Waals surface area contributed by atoms with Crippen LogP contribution in [0.4, 0.5) is 0 Å². The minimum Gasteiger partial charge on any atom is -0.489 e. The predicted molar refractivity (Wildman–Crippen MR) is 143 cm³/mol. The lowest BCUT2D eigenvalue weighted by atomic mass is 9.95. The number of nitrogens with zero attached hydrogens (tertiary/aromatic N) is 3. The zero-order valence-electron chi connectivity index (χ0n) is 18.8. The van der Waals surface area contributed by atoms with Gasteiger partial charge in [0.25, 0.3) is 5.56 Å². The highest BCUT2D eigenvalue weighted by Crippen LogP contribution is 2.24. The molecule has 174 valence electrons. The SMILES string of the molecule is CC(C)(C)c1nc2ccc(Br)cc2c(=O)n1N=Cc1cccc(OCc2ccc(Cl)cc2Cl)c1. The van der Waals surface area contributed by atoms with Crippen molar-refractivity contribution < 1.29 is 4.74 Å². The minimum atomic E-state index is -0.388. The van der Waals surface area contributed by atoms with Gasteiger partial charge in [0, 0.05) is 25.5 Å². The van der Waals surface area contributed by atoms with Crippen LogP contribution < -0.4 is 10.3 Å². The van der Waals surface area contributed by atoms with Crippen LogP contribution in [0.1, 0.15) is 37.7 Å². The topological polar surface area (TPSA) is 56.5 Å². The summed E-state index contributed by atoms with van der Waals surface area (Å²) in [5, 5.41) is 6.14. The van der Waals surface area contributed by atoms with Gasteiger partial charge in [0.05, 0.1) is 17.1 Å². The summed E-state index contributed by atoms with van der Waals surface area (Å²) in [6.45, 7) is 6.30. The molecule has 0 saturated carbocycles. The Kier molecular flexibility index (Phi) is 7.12. The molecule has 0 bridgehead atoms. The number of hydrogen-bond acceptors (Lipinski definition) is 4. The van der Waals surface area contributed by atoms with Crippen molar-refractivity contribution in [3.63, 3.8) is 0 Å². The van der Waals surface area contributed by atoms with E-state index >= 15 is 0 Å². The van der Waals surface area contributed by atoms with E-state index in [4.69, 9.17) is 32.9 Å². The van der Waals surface area contributed by atoms with E-state index in [1.807, 2.05) is 63.2 Å². The smallest absolute Gasteiger partial charge is 0.282 e. The van der Waals surface area contributed by atoms with Crippen LogP contribution in [0, 0.1) is 0 Å². The number of benzene rings is 3. The normalized spacial score (nSPS) is 11.9. The van der Waals surface area contributed by atoms with Gasteiger partial charge in [0.2, 0.25) is 0 Å². The first kappa shape index (κ1) is 24.5. The van der Waals surface area contributed by atoms with Crippen LogP contribution in [0.2, 0.25) is 10.0 Å². The van der Waals surface area contributed by atoms with Gasteiger partial charge in [-0.1, -0.05) is 78.1 Å². The Hall–Kier alpha value is -2.67. The molecule has 4 rings (SSSR count). The van der Waals surface area contributed by atoms with Gasteiger partial charge in [-0.15, -0.1) is 0 Å². The minimum absolute atomic E-state index is 0.225. The maximum atomic E-state index is 13.3. The molecule has 0 atom stereocenters. The summed E-state index contributed by atoms with van der Waals surface area (Å²) < 4.78 is 8.08. The van der Waals surface area contributed by atoms with Crippen LogP contribution in [0.25, 0.3) is 10.9 Å². The lowest BCUT2D eigenvalue weighted by molar-refractivity contribution is 0.306. The summed E-state index contributed by atoms with van der Waals surface area (Å²) in [7, 11) is 0. The average Bonchev–Trinajstić information content (AvgIpc) is 2.78. The summed E-state index contributed by atoms with van der Waals surface area (Å²) >= 11 is 15.6. The highest BCUT2D eigenvalue weighted by Gasteiger charge is 2.22. The standard InChI is InChI=1S/C26H22BrCl2N3O2/c1-26(2,3)25-31-23-10-8-18(27)12-21(23)24(33)32(25)30-14-16-5-4-6-20(11-16)34-15-17-7-9-19(28)13-22(17)29/h4-14H,15H2,1-3H3. The largest absolute Gasteiger partial charge is 0.489 e. The molecule has 0 saturated heterocycles. The molecule has 0 unspecified atom stereocenters. The van der Waals surface area contributed by atoms with Crippen molar-refractivity contribution in [1.29, 1.82) is 0 Å². The summed E-state index contributed by atoms with van der Waals surface area (Å²) in [5.74, 6) is 1.23. The Morgan fingerprint density at radius 1 is 1.09 bits per heavy atom. The van der Waals surface area contributed by atoms with E-state index in [-0.39, 0.29) is 11.0 Å². The Morgan fingerprint density at radius 3 is 2.62 bits per heavy atom. The maximum Gasteiger partial charge on any atom is 0.282 e. The fourth-order valence-electron chi connectivity index (χ4n) is 3.35. The molecule has 0 aliphatic rings. The number of aromatic nitrogens is 2. The quantitative estimate of drug-likeness (QED) is 0.243. The Balaban J connectivity index is 1.65. The number of rotatable bonds is 5. The van der Waals surface area contributed by atoms with Gasteiger partial charge in [-0.25, -0.2) is 4.98 Å². The molecule has 0 radical (unpaired) electrons. The molecule has 34 heavy (non-hydrogen) atoms. The van der Waals surface area contributed by atoms with E-state index < -0.39 is 0 Å². The molecule has 0 spiro atoms. The first-order valence-corrected chi connectivity index (χ1v) is 12.1. The summed E-state index contributed by atoms with van der Waals surface area (Å²) in [4.78, 5) is 18.0. The van der Waals surface area contributed by atoms with Gasteiger partial charge in [-0.3, -0.25) is 4.79 Å². The van der Waals surface area contributed by atoms with Gasteiger partial charge < -0.3 is 4.74 Å². The number of ether oxygens (including phenoxy) is 1. The number of halogens is 3. The highest BCUT2D eigenvalue weighted by atomic mass is 79.9. The molecule has 1 aromatic heterocycles. The highest BCUT2D eigenvalue weighted by molar-refractivity contribution is 9.10. The Bertz CT molecular complexity index is 1460. The van der Waals surface area contributed by atoms with Gasteiger partial charge >= 0.3 is 0 Å². The van der Waals surface area contributed by atoms with E-state index in [0.29, 0.717) is 39.1 Å². The van der Waals surface area contributed by atoms with E-state index in [0.717, 1.165) is 15.6 Å². The van der Waals surface area contributed by atoms with E-state index in [9.17, 15) is 4.79 Å². The summed E-state index contributed by atoms with van der Waals surface area (Å²) in [6, 6.07) is 18.2. The zero-order chi connectivity index (χ0) is 24.5. The molecule has 5 nitrogen and oxygen atoms in total. The molecular formula is C26H22BrCl2N3O2. The molecule has 0 fully saturated rings. The van der Waals surface area contributed by atoms with E-state index in [2.05, 4.69) is 21.0 Å². The third kappa shape index (κ3) is 5.52. The second kappa shape index (κ2) is 9.90. The van der Waals surface area contributed by atoms with Crippen LogP contribution in [-0.2, 0) is 12.0 Å². The summed E-state index contributed by atoms with van der Waals surface area (Å²) in [5.41, 5.74) is 1.64. The molecule has 0 N–H and O–H groups in total. The van der Waals surface area contributed by atoms with E-state index in [1.54, 1.807) is 24.4 Å². The maximum absolute atomic E-state index is 13.3. The first-order chi connectivity index (χ1) is 16.1. The Morgan fingerprint density at radius 2 is 1.88 bits per heavy atom. The molecule has 8 heteroatoms. The fourth-order valence-corrected chi connectivity index (χ4v) is 4.17. The van der Waals surface area contributed by atoms with Gasteiger partial charge in [-0.2, -0.15) is 9.78 Å². The van der Waals surface area contributed by atoms with Crippen molar-refractivity contribution in [2.45, 2.75) is 32.8 Å².